The van der Waals surface area contributed by atoms with Gasteiger partial charge in [-0.3, -0.25) is 5.32 Å². The number of hydrogen-bond donors (Lipinski definition) is 2. The maximum absolute atomic E-state index is 5.17. The SMILES string of the molecule is CCCNc1cc(N(C)OC)[nH+]c(NCCC)n1. The lowest BCUT2D eigenvalue weighted by Gasteiger charge is -2.12. The summed E-state index contributed by atoms with van der Waals surface area (Å²) in [5.74, 6) is 2.44. The third kappa shape index (κ3) is 4.37. The lowest BCUT2D eigenvalue weighted by molar-refractivity contribution is -0.355. The normalized spacial score (nSPS) is 10.2. The fraction of sp³-hybridized carbons (Fsp3) is 0.667. The van der Waals surface area contributed by atoms with E-state index < -0.39 is 0 Å². The Kier molecular flexibility index (Phi) is 6.21. The molecular formula is C12H24N5O+. The Balaban J connectivity index is 2.88. The van der Waals surface area contributed by atoms with Crippen molar-refractivity contribution < 1.29 is 9.82 Å². The van der Waals surface area contributed by atoms with Gasteiger partial charge in [0, 0.05) is 6.54 Å². The predicted octanol–water partition coefficient (Wildman–Crippen LogP) is 1.54. The number of hydrogen-bond acceptors (Lipinski definition) is 5. The van der Waals surface area contributed by atoms with Crippen LogP contribution in [0.3, 0.4) is 0 Å². The van der Waals surface area contributed by atoms with E-state index in [-0.39, 0.29) is 0 Å². The van der Waals surface area contributed by atoms with Gasteiger partial charge in [0.15, 0.2) is 5.82 Å². The van der Waals surface area contributed by atoms with Gasteiger partial charge in [0.2, 0.25) is 5.82 Å². The van der Waals surface area contributed by atoms with Crippen molar-refractivity contribution in [1.29, 1.82) is 0 Å². The molecule has 6 heteroatoms. The molecule has 102 valence electrons. The van der Waals surface area contributed by atoms with Crippen LogP contribution in [0.2, 0.25) is 0 Å². The highest BCUT2D eigenvalue weighted by atomic mass is 16.7. The Labute approximate surface area is 109 Å². The zero-order valence-corrected chi connectivity index (χ0v) is 11.7. The van der Waals surface area contributed by atoms with Gasteiger partial charge in [-0.05, 0) is 12.8 Å². The van der Waals surface area contributed by atoms with Gasteiger partial charge in [0.25, 0.3) is 0 Å². The summed E-state index contributed by atoms with van der Waals surface area (Å²) in [6.45, 7) is 6.03. The number of H-pyrrole nitrogens is 1. The highest BCUT2D eigenvalue weighted by molar-refractivity contribution is 5.46. The van der Waals surface area contributed by atoms with Crippen molar-refractivity contribution in [2.24, 2.45) is 0 Å². The number of anilines is 3. The molecule has 0 aliphatic rings. The molecule has 0 spiro atoms. The van der Waals surface area contributed by atoms with Crippen LogP contribution in [0.1, 0.15) is 26.7 Å². The number of rotatable bonds is 8. The molecule has 0 amide bonds. The summed E-state index contributed by atoms with van der Waals surface area (Å²) in [7, 11) is 3.48. The maximum atomic E-state index is 5.17. The third-order valence-corrected chi connectivity index (χ3v) is 2.46. The van der Waals surface area contributed by atoms with E-state index in [1.165, 1.54) is 0 Å². The van der Waals surface area contributed by atoms with E-state index in [0.717, 1.165) is 43.5 Å². The average molecular weight is 254 g/mol. The molecule has 0 unspecified atom stereocenters. The van der Waals surface area contributed by atoms with Crippen molar-refractivity contribution in [3.05, 3.63) is 6.07 Å². The summed E-state index contributed by atoms with van der Waals surface area (Å²) in [6.07, 6.45) is 2.12. The Hall–Kier alpha value is -1.56. The quantitative estimate of drug-likeness (QED) is 0.689. The summed E-state index contributed by atoms with van der Waals surface area (Å²) in [4.78, 5) is 12.8. The van der Waals surface area contributed by atoms with E-state index in [1.807, 2.05) is 13.1 Å². The maximum Gasteiger partial charge on any atom is 0.346 e. The van der Waals surface area contributed by atoms with Crippen LogP contribution in [-0.4, -0.2) is 32.2 Å². The van der Waals surface area contributed by atoms with E-state index in [0.29, 0.717) is 0 Å². The number of nitrogens with one attached hydrogen (secondary N) is 3. The lowest BCUT2D eigenvalue weighted by atomic mass is 10.4. The van der Waals surface area contributed by atoms with Gasteiger partial charge in [-0.1, -0.05) is 18.8 Å². The van der Waals surface area contributed by atoms with Crippen molar-refractivity contribution in [3.63, 3.8) is 0 Å². The summed E-state index contributed by atoms with van der Waals surface area (Å²) >= 11 is 0. The molecule has 0 saturated carbocycles. The first-order valence-corrected chi connectivity index (χ1v) is 6.41. The molecule has 0 radical (unpaired) electrons. The molecule has 0 bridgehead atoms. The highest BCUT2D eigenvalue weighted by Crippen LogP contribution is 2.13. The minimum Gasteiger partial charge on any atom is -0.360 e. The van der Waals surface area contributed by atoms with E-state index in [2.05, 4.69) is 34.4 Å². The van der Waals surface area contributed by atoms with Crippen molar-refractivity contribution in [2.75, 3.05) is 42.9 Å². The van der Waals surface area contributed by atoms with Crippen LogP contribution in [0.5, 0.6) is 0 Å². The van der Waals surface area contributed by atoms with Crippen LogP contribution in [0.25, 0.3) is 0 Å². The number of aromatic nitrogens is 2. The van der Waals surface area contributed by atoms with Gasteiger partial charge in [0.05, 0.1) is 26.8 Å². The first kappa shape index (κ1) is 14.5. The molecule has 1 rings (SSSR count). The van der Waals surface area contributed by atoms with Crippen LogP contribution in [0.15, 0.2) is 6.07 Å². The van der Waals surface area contributed by atoms with E-state index in [9.17, 15) is 0 Å². The van der Waals surface area contributed by atoms with Gasteiger partial charge < -0.3 is 5.32 Å². The number of hydroxylamine groups is 1. The Morgan fingerprint density at radius 2 is 1.94 bits per heavy atom. The second kappa shape index (κ2) is 7.71. The summed E-state index contributed by atoms with van der Waals surface area (Å²) < 4.78 is 0. The molecule has 0 aliphatic carbocycles. The molecule has 6 nitrogen and oxygen atoms in total. The third-order valence-electron chi connectivity index (χ3n) is 2.46. The van der Waals surface area contributed by atoms with E-state index in [1.54, 1.807) is 12.2 Å². The summed E-state index contributed by atoms with van der Waals surface area (Å²) in [6, 6.07) is 1.93. The van der Waals surface area contributed by atoms with Crippen LogP contribution in [0, 0.1) is 0 Å². The smallest absolute Gasteiger partial charge is 0.346 e. The molecule has 1 heterocycles. The second-order valence-corrected chi connectivity index (χ2v) is 4.03. The van der Waals surface area contributed by atoms with Crippen LogP contribution in [-0.2, 0) is 4.84 Å². The van der Waals surface area contributed by atoms with E-state index in [4.69, 9.17) is 4.84 Å². The van der Waals surface area contributed by atoms with Crippen LogP contribution in [0.4, 0.5) is 17.6 Å². The number of nitrogens with zero attached hydrogens (tertiary/aromatic N) is 2. The summed E-state index contributed by atoms with van der Waals surface area (Å²) in [5, 5.41) is 8.18. The molecule has 0 aromatic carbocycles. The zero-order valence-electron chi connectivity index (χ0n) is 11.7. The van der Waals surface area contributed by atoms with Crippen molar-refractivity contribution in [3.8, 4) is 0 Å². The molecule has 18 heavy (non-hydrogen) atoms. The van der Waals surface area contributed by atoms with Gasteiger partial charge in [0.1, 0.15) is 0 Å². The van der Waals surface area contributed by atoms with Crippen molar-refractivity contribution in [2.45, 2.75) is 26.7 Å². The van der Waals surface area contributed by atoms with E-state index >= 15 is 0 Å². The minimum absolute atomic E-state index is 0.747. The Morgan fingerprint density at radius 3 is 2.56 bits per heavy atom. The van der Waals surface area contributed by atoms with Crippen LogP contribution >= 0.6 is 0 Å². The van der Waals surface area contributed by atoms with Gasteiger partial charge in [-0.2, -0.15) is 5.06 Å². The molecule has 3 N–H and O–H groups in total. The Bertz CT molecular complexity index is 332. The molecule has 0 saturated heterocycles. The first-order chi connectivity index (χ1) is 8.71. The fourth-order valence-corrected chi connectivity index (χ4v) is 1.41. The number of aromatic amines is 1. The largest absolute Gasteiger partial charge is 0.360 e. The topological polar surface area (TPSA) is 63.6 Å². The van der Waals surface area contributed by atoms with Crippen molar-refractivity contribution >= 4 is 17.6 Å². The molecule has 0 atom stereocenters. The minimum atomic E-state index is 0.747. The van der Waals surface area contributed by atoms with Crippen molar-refractivity contribution in [1.82, 2.24) is 4.98 Å². The van der Waals surface area contributed by atoms with Gasteiger partial charge >= 0.3 is 5.95 Å². The predicted molar refractivity (Wildman–Crippen MR) is 73.8 cm³/mol. The summed E-state index contributed by atoms with van der Waals surface area (Å²) in [5.41, 5.74) is 0. The monoisotopic (exact) mass is 254 g/mol. The zero-order chi connectivity index (χ0) is 13.4. The van der Waals surface area contributed by atoms with Gasteiger partial charge in [-0.15, -0.1) is 0 Å². The standard InChI is InChI=1S/C12H23N5O/c1-5-7-13-10-9-11(17(3)18-4)16-12(15-10)14-8-6-2/h9H,5-8H2,1-4H3,(H2,13,14,15,16)/p+1. The van der Waals surface area contributed by atoms with Crippen LogP contribution < -0.4 is 20.7 Å². The first-order valence-electron chi connectivity index (χ1n) is 6.41. The molecule has 0 aliphatic heterocycles. The van der Waals surface area contributed by atoms with Gasteiger partial charge in [-0.25, -0.2) is 9.82 Å². The Morgan fingerprint density at radius 1 is 1.28 bits per heavy atom. The lowest BCUT2D eigenvalue weighted by Crippen LogP contribution is -2.27. The fourth-order valence-electron chi connectivity index (χ4n) is 1.41. The molecule has 1 aromatic rings. The molecule has 0 fully saturated rings. The average Bonchev–Trinajstić information content (AvgIpc) is 2.41. The molecular weight excluding hydrogens is 230 g/mol. The second-order valence-electron chi connectivity index (χ2n) is 4.03. The molecule has 1 aromatic heterocycles. The highest BCUT2D eigenvalue weighted by Gasteiger charge is 2.13.